The van der Waals surface area contributed by atoms with E-state index in [4.69, 9.17) is 11.6 Å². The van der Waals surface area contributed by atoms with E-state index in [1.54, 1.807) is 12.1 Å². The Labute approximate surface area is 136 Å². The molecule has 1 heterocycles. The number of carbonyl (C=O) groups is 1. The van der Waals surface area contributed by atoms with Crippen LogP contribution in [-0.4, -0.2) is 11.9 Å². The summed E-state index contributed by atoms with van der Waals surface area (Å²) < 4.78 is 0.879. The first-order valence-electron chi connectivity index (χ1n) is 6.69. The Morgan fingerprint density at radius 1 is 1.24 bits per heavy atom. The second-order valence-electron chi connectivity index (χ2n) is 5.02. The second-order valence-corrected chi connectivity index (χ2v) is 6.34. The highest BCUT2D eigenvalue weighted by Crippen LogP contribution is 2.26. The summed E-state index contributed by atoms with van der Waals surface area (Å²) in [6.07, 6.45) is 0.688. The highest BCUT2D eigenvalue weighted by Gasteiger charge is 2.24. The topological polar surface area (TPSA) is 41.1 Å². The van der Waals surface area contributed by atoms with Gasteiger partial charge in [0, 0.05) is 11.0 Å². The van der Waals surface area contributed by atoms with Gasteiger partial charge in [-0.3, -0.25) is 4.79 Å². The first kappa shape index (κ1) is 14.6. The van der Waals surface area contributed by atoms with Gasteiger partial charge in [0.1, 0.15) is 0 Å². The molecule has 1 atom stereocenters. The fourth-order valence-corrected chi connectivity index (χ4v) is 2.98. The summed E-state index contributed by atoms with van der Waals surface area (Å²) in [5.74, 6) is -0.0653. The van der Waals surface area contributed by atoms with Crippen molar-refractivity contribution in [3.05, 3.63) is 63.1 Å². The monoisotopic (exact) mass is 364 g/mol. The van der Waals surface area contributed by atoms with E-state index >= 15 is 0 Å². The van der Waals surface area contributed by atoms with Crippen molar-refractivity contribution >= 4 is 39.1 Å². The van der Waals surface area contributed by atoms with Crippen molar-refractivity contribution in [1.29, 1.82) is 0 Å². The van der Waals surface area contributed by atoms with Crippen molar-refractivity contribution in [3.63, 3.8) is 0 Å². The Balaban J connectivity index is 1.74. The van der Waals surface area contributed by atoms with Gasteiger partial charge >= 0.3 is 0 Å². The molecule has 0 saturated heterocycles. The van der Waals surface area contributed by atoms with Gasteiger partial charge in [-0.25, -0.2) is 0 Å². The van der Waals surface area contributed by atoms with Crippen LogP contribution >= 0.6 is 27.5 Å². The van der Waals surface area contributed by atoms with Crippen LogP contribution in [0.1, 0.15) is 11.1 Å². The molecule has 3 nitrogen and oxygen atoms in total. The maximum atomic E-state index is 12.4. The van der Waals surface area contributed by atoms with E-state index in [2.05, 4.69) is 38.7 Å². The van der Waals surface area contributed by atoms with Crippen LogP contribution in [0.3, 0.4) is 0 Å². The van der Waals surface area contributed by atoms with E-state index in [0.29, 0.717) is 23.7 Å². The molecule has 1 aliphatic heterocycles. The van der Waals surface area contributed by atoms with Crippen LogP contribution in [0.5, 0.6) is 0 Å². The van der Waals surface area contributed by atoms with E-state index in [1.807, 2.05) is 18.2 Å². The van der Waals surface area contributed by atoms with Crippen molar-refractivity contribution in [1.82, 2.24) is 5.32 Å². The Morgan fingerprint density at radius 3 is 2.81 bits per heavy atom. The fraction of sp³-hybridized carbons (Fsp3) is 0.188. The molecule has 1 unspecified atom stereocenters. The number of hydrogen-bond donors (Lipinski definition) is 2. The number of halogens is 2. The molecular weight excluding hydrogens is 352 g/mol. The molecule has 0 aliphatic carbocycles. The molecule has 2 N–H and O–H groups in total. The maximum Gasteiger partial charge on any atom is 0.241 e. The number of anilines is 1. The third kappa shape index (κ3) is 3.28. The van der Waals surface area contributed by atoms with Gasteiger partial charge < -0.3 is 10.6 Å². The molecule has 1 amide bonds. The van der Waals surface area contributed by atoms with E-state index in [1.165, 1.54) is 11.1 Å². The largest absolute Gasteiger partial charge is 0.323 e. The van der Waals surface area contributed by atoms with Crippen molar-refractivity contribution in [2.24, 2.45) is 0 Å². The molecule has 0 spiro atoms. The lowest BCUT2D eigenvalue weighted by molar-refractivity contribution is -0.118. The molecule has 5 heteroatoms. The molecule has 0 aromatic heterocycles. The summed E-state index contributed by atoms with van der Waals surface area (Å²) in [5, 5.41) is 6.68. The lowest BCUT2D eigenvalue weighted by atomic mass is 9.95. The summed E-state index contributed by atoms with van der Waals surface area (Å²) in [6.45, 7) is 0.709. The van der Waals surface area contributed by atoms with Gasteiger partial charge in [0.15, 0.2) is 0 Å². The predicted molar refractivity (Wildman–Crippen MR) is 88.6 cm³/mol. The Morgan fingerprint density at radius 2 is 2.00 bits per heavy atom. The van der Waals surface area contributed by atoms with E-state index in [0.717, 1.165) is 4.47 Å². The predicted octanol–water partition coefficient (Wildman–Crippen LogP) is 3.76. The quantitative estimate of drug-likeness (QED) is 0.851. The highest BCUT2D eigenvalue weighted by molar-refractivity contribution is 9.10. The molecule has 21 heavy (non-hydrogen) atoms. The van der Waals surface area contributed by atoms with Gasteiger partial charge in [0.2, 0.25) is 5.91 Å². The number of hydrogen-bond acceptors (Lipinski definition) is 2. The lowest BCUT2D eigenvalue weighted by Crippen LogP contribution is -2.44. The van der Waals surface area contributed by atoms with E-state index in [-0.39, 0.29) is 11.9 Å². The smallest absolute Gasteiger partial charge is 0.241 e. The molecule has 0 fully saturated rings. The first-order chi connectivity index (χ1) is 10.1. The Hall–Kier alpha value is -1.36. The lowest BCUT2D eigenvalue weighted by Gasteiger charge is -2.25. The minimum Gasteiger partial charge on any atom is -0.323 e. The number of benzene rings is 2. The molecule has 108 valence electrons. The third-order valence-corrected chi connectivity index (χ3v) is 4.41. The van der Waals surface area contributed by atoms with Crippen molar-refractivity contribution < 1.29 is 4.79 Å². The van der Waals surface area contributed by atoms with Crippen molar-refractivity contribution in [2.75, 3.05) is 5.32 Å². The summed E-state index contributed by atoms with van der Waals surface area (Å²) in [6, 6.07) is 13.3. The standard InChI is InChI=1S/C16H14BrClN2O/c17-12-5-6-13(18)14(8-12)20-16(21)15-7-10-3-1-2-4-11(10)9-19-15/h1-6,8,15,19H,7,9H2,(H,20,21). The minimum atomic E-state index is -0.241. The first-order valence-corrected chi connectivity index (χ1v) is 7.86. The summed E-state index contributed by atoms with van der Waals surface area (Å²) in [7, 11) is 0. The summed E-state index contributed by atoms with van der Waals surface area (Å²) >= 11 is 9.48. The average Bonchev–Trinajstić information content (AvgIpc) is 2.50. The molecule has 0 saturated carbocycles. The fourth-order valence-electron chi connectivity index (χ4n) is 2.45. The van der Waals surface area contributed by atoms with Crippen LogP contribution in [0.2, 0.25) is 5.02 Å². The van der Waals surface area contributed by atoms with Crippen LogP contribution in [-0.2, 0) is 17.8 Å². The summed E-state index contributed by atoms with van der Waals surface area (Å²) in [5.41, 5.74) is 3.09. The van der Waals surface area contributed by atoms with Crippen LogP contribution in [0.25, 0.3) is 0 Å². The normalized spacial score (nSPS) is 17.1. The number of rotatable bonds is 2. The minimum absolute atomic E-state index is 0.0653. The number of nitrogens with one attached hydrogen (secondary N) is 2. The molecule has 0 radical (unpaired) electrons. The van der Waals surface area contributed by atoms with Gasteiger partial charge in [0.05, 0.1) is 16.8 Å². The van der Waals surface area contributed by atoms with Crippen LogP contribution < -0.4 is 10.6 Å². The summed E-state index contributed by atoms with van der Waals surface area (Å²) in [4.78, 5) is 12.4. The van der Waals surface area contributed by atoms with Crippen molar-refractivity contribution in [3.8, 4) is 0 Å². The average molecular weight is 366 g/mol. The number of carbonyl (C=O) groups excluding carboxylic acids is 1. The van der Waals surface area contributed by atoms with Gasteiger partial charge in [-0.05, 0) is 35.7 Å². The zero-order valence-electron chi connectivity index (χ0n) is 11.2. The third-order valence-electron chi connectivity index (χ3n) is 3.58. The zero-order chi connectivity index (χ0) is 14.8. The van der Waals surface area contributed by atoms with Crippen LogP contribution in [0.15, 0.2) is 46.9 Å². The molecular formula is C16H14BrClN2O. The van der Waals surface area contributed by atoms with Gasteiger partial charge in [0.25, 0.3) is 0 Å². The van der Waals surface area contributed by atoms with Gasteiger partial charge in [-0.1, -0.05) is 51.8 Å². The molecule has 2 aromatic carbocycles. The second kappa shape index (κ2) is 6.18. The molecule has 1 aliphatic rings. The van der Waals surface area contributed by atoms with Gasteiger partial charge in [-0.15, -0.1) is 0 Å². The number of fused-ring (bicyclic) bond motifs is 1. The Bertz CT molecular complexity index is 690. The SMILES string of the molecule is O=C(Nc1cc(Br)ccc1Cl)C1Cc2ccccc2CN1. The van der Waals surface area contributed by atoms with Gasteiger partial charge in [-0.2, -0.15) is 0 Å². The van der Waals surface area contributed by atoms with E-state index < -0.39 is 0 Å². The number of amides is 1. The maximum absolute atomic E-state index is 12.4. The van der Waals surface area contributed by atoms with Crippen molar-refractivity contribution in [2.45, 2.75) is 19.0 Å². The van der Waals surface area contributed by atoms with Crippen LogP contribution in [0, 0.1) is 0 Å². The van der Waals surface area contributed by atoms with Crippen LogP contribution in [0.4, 0.5) is 5.69 Å². The molecule has 3 rings (SSSR count). The Kier molecular flexibility index (Phi) is 4.29. The van der Waals surface area contributed by atoms with E-state index in [9.17, 15) is 4.79 Å². The molecule has 0 bridgehead atoms. The molecule has 2 aromatic rings. The zero-order valence-corrected chi connectivity index (χ0v) is 13.5. The highest BCUT2D eigenvalue weighted by atomic mass is 79.9.